The van der Waals surface area contributed by atoms with E-state index in [9.17, 15) is 5.26 Å². The molecule has 0 aliphatic rings. The van der Waals surface area contributed by atoms with Crippen LogP contribution in [0.3, 0.4) is 0 Å². The van der Waals surface area contributed by atoms with Crippen LogP contribution in [0.1, 0.15) is 5.56 Å². The molecule has 274 valence electrons. The van der Waals surface area contributed by atoms with Crippen LogP contribution < -0.4 is 0 Å². The molecule has 7 heteroatoms. The Morgan fingerprint density at radius 1 is 0.441 bits per heavy atom. The summed E-state index contributed by atoms with van der Waals surface area (Å²) in [7, 11) is 0. The molecule has 0 spiro atoms. The van der Waals surface area contributed by atoms with E-state index in [1.165, 1.54) is 20.2 Å². The number of rotatable bonds is 5. The van der Waals surface area contributed by atoms with E-state index in [-0.39, 0.29) is 0 Å². The van der Waals surface area contributed by atoms with Crippen LogP contribution >= 0.6 is 11.3 Å². The van der Waals surface area contributed by atoms with Gasteiger partial charge in [0, 0.05) is 64.1 Å². The smallest absolute Gasteiger partial charge is 0.166 e. The van der Waals surface area contributed by atoms with E-state index in [1.807, 2.05) is 48.5 Å². The van der Waals surface area contributed by atoms with Gasteiger partial charge in [-0.05, 0) is 72.8 Å². The minimum atomic E-state index is 0.487. The maximum atomic E-state index is 10.4. The van der Waals surface area contributed by atoms with Gasteiger partial charge in [-0.25, -0.2) is 15.0 Å². The third kappa shape index (κ3) is 5.14. The van der Waals surface area contributed by atoms with Gasteiger partial charge in [-0.2, -0.15) is 5.26 Å². The fourth-order valence-corrected chi connectivity index (χ4v) is 9.89. The zero-order valence-electron chi connectivity index (χ0n) is 31.4. The Morgan fingerprint density at radius 3 is 1.88 bits per heavy atom. The van der Waals surface area contributed by atoms with Gasteiger partial charge in [0.1, 0.15) is 0 Å². The van der Waals surface area contributed by atoms with Crippen molar-refractivity contribution in [3.8, 4) is 51.6 Å². The minimum Gasteiger partial charge on any atom is -0.309 e. The summed E-state index contributed by atoms with van der Waals surface area (Å²) < 4.78 is 7.15. The van der Waals surface area contributed by atoms with E-state index in [1.54, 1.807) is 11.3 Å². The van der Waals surface area contributed by atoms with Gasteiger partial charge in [0.05, 0.1) is 39.4 Å². The van der Waals surface area contributed by atoms with Crippen molar-refractivity contribution in [2.45, 2.75) is 0 Å². The topological polar surface area (TPSA) is 72.3 Å². The number of hydrogen-bond donors (Lipinski definition) is 0. The van der Waals surface area contributed by atoms with Gasteiger partial charge in [-0.3, -0.25) is 0 Å². The predicted molar refractivity (Wildman–Crippen MR) is 242 cm³/mol. The minimum absolute atomic E-state index is 0.487. The third-order valence-corrected chi connectivity index (χ3v) is 12.5. The Bertz CT molecular complexity index is 3680. The van der Waals surface area contributed by atoms with Crippen molar-refractivity contribution < 1.29 is 0 Å². The van der Waals surface area contributed by atoms with Crippen LogP contribution in [0.15, 0.2) is 182 Å². The Kier molecular flexibility index (Phi) is 7.36. The lowest BCUT2D eigenvalue weighted by Crippen LogP contribution is -2.04. The number of aromatic nitrogens is 5. The van der Waals surface area contributed by atoms with E-state index in [4.69, 9.17) is 15.0 Å². The van der Waals surface area contributed by atoms with Gasteiger partial charge in [0.25, 0.3) is 0 Å². The molecule has 4 heterocycles. The Labute approximate surface area is 342 Å². The number of nitrogens with zero attached hydrogens (tertiary/aromatic N) is 6. The Morgan fingerprint density at radius 2 is 1.08 bits per heavy atom. The zero-order valence-corrected chi connectivity index (χ0v) is 32.2. The first kappa shape index (κ1) is 33.2. The molecule has 0 saturated carbocycles. The summed E-state index contributed by atoms with van der Waals surface area (Å²) in [6.45, 7) is 0. The number of thiophene rings is 1. The molecule has 0 fully saturated rings. The van der Waals surface area contributed by atoms with Crippen LogP contribution in [0.5, 0.6) is 0 Å². The summed E-state index contributed by atoms with van der Waals surface area (Å²) in [4.78, 5) is 15.6. The summed E-state index contributed by atoms with van der Waals surface area (Å²) in [5.74, 6) is 1.61. The molecular weight excluding hydrogens is 741 g/mol. The first-order valence-electron chi connectivity index (χ1n) is 19.5. The molecule has 0 radical (unpaired) electrons. The molecule has 59 heavy (non-hydrogen) atoms. The average Bonchev–Trinajstić information content (AvgIpc) is 3.96. The standard InChI is InChI=1S/C52H30N6S/c53-31-32-23-26-44(58-42-20-10-7-17-36(42)38-25-27-45-48(49(38)58)39-19-8-11-21-43(39)57(45)35-15-5-2-6-16-35)41(29-32)52-55-50(33-13-3-1-4-14-33)54-51(56-52)34-24-28-47-40(30-34)37-18-9-12-22-46(37)59-47/h1-30H. The van der Waals surface area contributed by atoms with Crippen LogP contribution in [0.25, 0.3) is 109 Å². The maximum Gasteiger partial charge on any atom is 0.166 e. The average molecular weight is 771 g/mol. The lowest BCUT2D eigenvalue weighted by Gasteiger charge is -2.16. The van der Waals surface area contributed by atoms with E-state index < -0.39 is 0 Å². The fourth-order valence-electron chi connectivity index (χ4n) is 8.80. The van der Waals surface area contributed by atoms with Gasteiger partial charge < -0.3 is 9.13 Å². The molecular formula is C52H30N6S. The molecule has 0 unspecified atom stereocenters. The van der Waals surface area contributed by atoms with Gasteiger partial charge in [-0.1, -0.05) is 109 Å². The van der Waals surface area contributed by atoms with Crippen LogP contribution in [0, 0.1) is 11.3 Å². The first-order chi connectivity index (χ1) is 29.2. The summed E-state index contributed by atoms with van der Waals surface area (Å²) in [6.07, 6.45) is 0. The van der Waals surface area contributed by atoms with E-state index in [2.05, 4.69) is 149 Å². The van der Waals surface area contributed by atoms with Crippen molar-refractivity contribution >= 4 is 75.1 Å². The largest absolute Gasteiger partial charge is 0.309 e. The monoisotopic (exact) mass is 770 g/mol. The summed E-state index contributed by atoms with van der Waals surface area (Å²) in [5.41, 5.74) is 9.35. The summed E-state index contributed by atoms with van der Waals surface area (Å²) >= 11 is 1.79. The van der Waals surface area contributed by atoms with Gasteiger partial charge in [0.15, 0.2) is 17.5 Å². The highest BCUT2D eigenvalue weighted by Gasteiger charge is 2.24. The molecule has 0 atom stereocenters. The van der Waals surface area contributed by atoms with Crippen LogP contribution in [0.2, 0.25) is 0 Å². The molecule has 0 aliphatic heterocycles. The number of para-hydroxylation sites is 3. The Hall–Kier alpha value is -7.92. The number of nitriles is 1. The van der Waals surface area contributed by atoms with Crippen molar-refractivity contribution in [1.82, 2.24) is 24.1 Å². The highest BCUT2D eigenvalue weighted by Crippen LogP contribution is 2.44. The molecule has 0 bridgehead atoms. The third-order valence-electron chi connectivity index (χ3n) is 11.4. The highest BCUT2D eigenvalue weighted by atomic mass is 32.1. The number of fused-ring (bicyclic) bond motifs is 10. The quantitative estimate of drug-likeness (QED) is 0.175. The SMILES string of the molecule is N#Cc1ccc(-n2c3ccccc3c3ccc4c(c5ccccc5n4-c4ccccc4)c32)c(-c2nc(-c3ccccc3)nc(-c3ccc4sc5ccccc5c4c3)n2)c1. The zero-order chi connectivity index (χ0) is 39.0. The van der Waals surface area contributed by atoms with Crippen molar-refractivity contribution in [1.29, 1.82) is 5.26 Å². The van der Waals surface area contributed by atoms with Gasteiger partial charge in [-0.15, -0.1) is 11.3 Å². The second kappa shape index (κ2) is 13.1. The Balaban J connectivity index is 1.18. The van der Waals surface area contributed by atoms with E-state index in [0.717, 1.165) is 71.7 Å². The molecule has 12 aromatic rings. The van der Waals surface area contributed by atoms with Crippen LogP contribution in [0.4, 0.5) is 0 Å². The molecule has 4 aromatic heterocycles. The summed E-state index contributed by atoms with van der Waals surface area (Å²) in [5, 5.41) is 17.3. The van der Waals surface area contributed by atoms with Crippen LogP contribution in [-0.4, -0.2) is 24.1 Å². The van der Waals surface area contributed by atoms with Gasteiger partial charge in [0.2, 0.25) is 0 Å². The second-order valence-electron chi connectivity index (χ2n) is 14.7. The van der Waals surface area contributed by atoms with Crippen molar-refractivity contribution in [2.24, 2.45) is 0 Å². The molecule has 12 rings (SSSR count). The number of hydrogen-bond acceptors (Lipinski definition) is 5. The molecule has 0 saturated heterocycles. The lowest BCUT2D eigenvalue weighted by atomic mass is 10.1. The predicted octanol–water partition coefficient (Wildman–Crippen LogP) is 13.3. The highest BCUT2D eigenvalue weighted by molar-refractivity contribution is 7.25. The van der Waals surface area contributed by atoms with Crippen molar-refractivity contribution in [3.63, 3.8) is 0 Å². The molecule has 0 N–H and O–H groups in total. The van der Waals surface area contributed by atoms with E-state index >= 15 is 0 Å². The molecule has 0 aliphatic carbocycles. The van der Waals surface area contributed by atoms with Crippen molar-refractivity contribution in [2.75, 3.05) is 0 Å². The molecule has 8 aromatic carbocycles. The van der Waals surface area contributed by atoms with Crippen molar-refractivity contribution in [3.05, 3.63) is 188 Å². The normalized spacial score (nSPS) is 11.7. The summed E-state index contributed by atoms with van der Waals surface area (Å²) in [6, 6.07) is 65.5. The lowest BCUT2D eigenvalue weighted by molar-refractivity contribution is 1.06. The maximum absolute atomic E-state index is 10.4. The molecule has 6 nitrogen and oxygen atoms in total. The van der Waals surface area contributed by atoms with E-state index in [0.29, 0.717) is 23.0 Å². The van der Waals surface area contributed by atoms with Gasteiger partial charge >= 0.3 is 0 Å². The van der Waals surface area contributed by atoms with Crippen LogP contribution in [-0.2, 0) is 0 Å². The first-order valence-corrected chi connectivity index (χ1v) is 20.3. The molecule has 0 amide bonds. The number of benzene rings is 8. The fraction of sp³-hybridized carbons (Fsp3) is 0. The second-order valence-corrected chi connectivity index (χ2v) is 15.8.